The lowest BCUT2D eigenvalue weighted by Gasteiger charge is -2.20. The van der Waals surface area contributed by atoms with Gasteiger partial charge in [0.25, 0.3) is 0 Å². The first kappa shape index (κ1) is 14.9. The predicted octanol–water partition coefficient (Wildman–Crippen LogP) is 4.40. The Bertz CT molecular complexity index is 891. The van der Waals surface area contributed by atoms with Gasteiger partial charge in [-0.2, -0.15) is 0 Å². The van der Waals surface area contributed by atoms with Crippen LogP contribution in [-0.2, 0) is 19.3 Å². The number of nitrogens with zero attached hydrogens (tertiary/aromatic N) is 1. The summed E-state index contributed by atoms with van der Waals surface area (Å²) in [5.74, 6) is 0.198. The monoisotopic (exact) mass is 319 g/mol. The molecule has 2 aromatic carbocycles. The molecule has 1 aromatic heterocycles. The van der Waals surface area contributed by atoms with Crippen molar-refractivity contribution in [3.8, 4) is 5.75 Å². The molecule has 24 heavy (non-hydrogen) atoms. The number of phenolic OH excluding ortho intramolecular Hbond substituents is 1. The van der Waals surface area contributed by atoms with Crippen molar-refractivity contribution in [2.75, 3.05) is 0 Å². The lowest BCUT2D eigenvalue weighted by molar-refractivity contribution is 0.474. The van der Waals surface area contributed by atoms with Gasteiger partial charge in [-0.25, -0.2) is 4.39 Å². The van der Waals surface area contributed by atoms with Crippen molar-refractivity contribution < 1.29 is 9.50 Å². The summed E-state index contributed by atoms with van der Waals surface area (Å²) in [4.78, 5) is 4.55. The van der Waals surface area contributed by atoms with Crippen molar-refractivity contribution in [1.29, 1.82) is 0 Å². The van der Waals surface area contributed by atoms with Gasteiger partial charge in [-0.3, -0.25) is 4.98 Å². The van der Waals surface area contributed by atoms with Gasteiger partial charge in [0.1, 0.15) is 11.6 Å². The van der Waals surface area contributed by atoms with Gasteiger partial charge in [0.15, 0.2) is 0 Å². The first-order chi connectivity index (χ1) is 11.7. The number of halogens is 1. The summed E-state index contributed by atoms with van der Waals surface area (Å²) >= 11 is 0. The Kier molecular flexibility index (Phi) is 3.77. The molecule has 0 bridgehead atoms. The van der Waals surface area contributed by atoms with Crippen LogP contribution in [0.25, 0.3) is 0 Å². The van der Waals surface area contributed by atoms with Gasteiger partial charge in [0.05, 0.1) is 0 Å². The maximum Gasteiger partial charge on any atom is 0.123 e. The van der Waals surface area contributed by atoms with Crippen LogP contribution >= 0.6 is 0 Å². The summed E-state index contributed by atoms with van der Waals surface area (Å²) in [7, 11) is 0. The van der Waals surface area contributed by atoms with Gasteiger partial charge in [-0.05, 0) is 71.8 Å². The number of hydrogen-bond acceptors (Lipinski definition) is 2. The molecule has 1 N–H and O–H groups in total. The Morgan fingerprint density at radius 1 is 1.00 bits per heavy atom. The Balaban J connectivity index is 1.84. The van der Waals surface area contributed by atoms with E-state index in [1.165, 1.54) is 11.6 Å². The molecule has 3 heteroatoms. The molecule has 2 nitrogen and oxygen atoms in total. The quantitative estimate of drug-likeness (QED) is 0.759. The molecule has 1 atom stereocenters. The van der Waals surface area contributed by atoms with Crippen molar-refractivity contribution in [3.63, 3.8) is 0 Å². The minimum Gasteiger partial charge on any atom is -0.508 e. The summed E-state index contributed by atoms with van der Waals surface area (Å²) in [6, 6.07) is 16.5. The van der Waals surface area contributed by atoms with Crippen LogP contribution in [0.5, 0.6) is 5.75 Å². The molecular formula is C21H18FNO. The molecule has 0 fully saturated rings. The molecule has 0 aliphatic heterocycles. The van der Waals surface area contributed by atoms with E-state index in [0.29, 0.717) is 0 Å². The third-order valence-corrected chi connectivity index (χ3v) is 4.76. The fraction of sp³-hybridized carbons (Fsp3) is 0.190. The lowest BCUT2D eigenvalue weighted by Crippen LogP contribution is -2.08. The van der Waals surface area contributed by atoms with Crippen molar-refractivity contribution in [1.82, 2.24) is 4.98 Å². The van der Waals surface area contributed by atoms with E-state index in [1.54, 1.807) is 18.2 Å². The minimum atomic E-state index is -0.191. The van der Waals surface area contributed by atoms with Crippen LogP contribution in [0.3, 0.4) is 0 Å². The van der Waals surface area contributed by atoms with E-state index in [4.69, 9.17) is 0 Å². The zero-order chi connectivity index (χ0) is 16.5. The van der Waals surface area contributed by atoms with E-state index in [1.807, 2.05) is 30.5 Å². The van der Waals surface area contributed by atoms with Crippen molar-refractivity contribution in [2.24, 2.45) is 0 Å². The standard InChI is InChI=1S/C21H18FNO/c22-16-7-8-18-15(13-16)6-9-21-19(5-2-10-23-21)20(18)12-14-3-1-4-17(24)11-14/h1-5,7-8,10-11,13,20,24H,6,9,12H2/t20-/m0/s1. The normalized spacial score (nSPS) is 16.1. The van der Waals surface area contributed by atoms with E-state index in [-0.39, 0.29) is 17.5 Å². The van der Waals surface area contributed by atoms with Crippen LogP contribution in [0.2, 0.25) is 0 Å². The van der Waals surface area contributed by atoms with Gasteiger partial charge in [-0.1, -0.05) is 24.3 Å². The Labute approximate surface area is 140 Å². The molecule has 0 unspecified atom stereocenters. The first-order valence-corrected chi connectivity index (χ1v) is 8.21. The average Bonchev–Trinajstić information content (AvgIpc) is 2.73. The molecule has 4 rings (SSSR count). The van der Waals surface area contributed by atoms with E-state index in [9.17, 15) is 9.50 Å². The van der Waals surface area contributed by atoms with Crippen molar-refractivity contribution in [3.05, 3.63) is 94.6 Å². The van der Waals surface area contributed by atoms with Crippen LogP contribution in [0.1, 0.15) is 33.9 Å². The smallest absolute Gasteiger partial charge is 0.123 e. The highest BCUT2D eigenvalue weighted by atomic mass is 19.1. The Morgan fingerprint density at radius 3 is 2.79 bits per heavy atom. The number of aromatic nitrogens is 1. The second-order valence-electron chi connectivity index (χ2n) is 6.31. The highest BCUT2D eigenvalue weighted by Gasteiger charge is 2.25. The zero-order valence-electron chi connectivity index (χ0n) is 13.2. The van der Waals surface area contributed by atoms with E-state index in [0.717, 1.165) is 41.6 Å². The third kappa shape index (κ3) is 2.78. The first-order valence-electron chi connectivity index (χ1n) is 8.21. The number of aromatic hydroxyl groups is 1. The average molecular weight is 319 g/mol. The van der Waals surface area contributed by atoms with Crippen LogP contribution in [0, 0.1) is 5.82 Å². The second kappa shape index (κ2) is 6.08. The van der Waals surface area contributed by atoms with Crippen molar-refractivity contribution >= 4 is 0 Å². The third-order valence-electron chi connectivity index (χ3n) is 4.76. The van der Waals surface area contributed by atoms with E-state index >= 15 is 0 Å². The molecule has 1 heterocycles. The number of rotatable bonds is 2. The fourth-order valence-electron chi connectivity index (χ4n) is 3.67. The molecule has 0 saturated carbocycles. The number of fused-ring (bicyclic) bond motifs is 2. The maximum atomic E-state index is 13.7. The highest BCUT2D eigenvalue weighted by molar-refractivity contribution is 5.44. The van der Waals surface area contributed by atoms with Crippen molar-refractivity contribution in [2.45, 2.75) is 25.2 Å². The fourth-order valence-corrected chi connectivity index (χ4v) is 3.67. The Morgan fingerprint density at radius 2 is 1.92 bits per heavy atom. The number of pyridine rings is 1. The predicted molar refractivity (Wildman–Crippen MR) is 91.7 cm³/mol. The largest absolute Gasteiger partial charge is 0.508 e. The van der Waals surface area contributed by atoms with Gasteiger partial charge in [0.2, 0.25) is 0 Å². The minimum absolute atomic E-state index is 0.119. The van der Waals surface area contributed by atoms with Gasteiger partial charge < -0.3 is 5.11 Å². The number of phenols is 1. The highest BCUT2D eigenvalue weighted by Crippen LogP contribution is 2.36. The molecule has 1 aliphatic carbocycles. The summed E-state index contributed by atoms with van der Waals surface area (Å²) in [5, 5.41) is 9.76. The molecule has 1 aliphatic rings. The molecule has 0 spiro atoms. The molecule has 0 radical (unpaired) electrons. The van der Waals surface area contributed by atoms with Crippen LogP contribution in [-0.4, -0.2) is 10.1 Å². The summed E-state index contributed by atoms with van der Waals surface area (Å²) in [5.41, 5.74) is 5.56. The van der Waals surface area contributed by atoms with Gasteiger partial charge in [0, 0.05) is 17.8 Å². The van der Waals surface area contributed by atoms with E-state index < -0.39 is 0 Å². The van der Waals surface area contributed by atoms with Gasteiger partial charge in [-0.15, -0.1) is 0 Å². The molecule has 0 saturated heterocycles. The van der Waals surface area contributed by atoms with Crippen LogP contribution in [0.4, 0.5) is 4.39 Å². The number of aryl methyl sites for hydroxylation is 2. The number of hydrogen-bond donors (Lipinski definition) is 1. The lowest BCUT2D eigenvalue weighted by atomic mass is 9.84. The van der Waals surface area contributed by atoms with E-state index in [2.05, 4.69) is 11.1 Å². The van der Waals surface area contributed by atoms with Gasteiger partial charge >= 0.3 is 0 Å². The molecule has 3 aromatic rings. The molecule has 0 amide bonds. The maximum absolute atomic E-state index is 13.7. The summed E-state index contributed by atoms with van der Waals surface area (Å²) in [6.07, 6.45) is 4.20. The summed E-state index contributed by atoms with van der Waals surface area (Å²) < 4.78 is 13.7. The topological polar surface area (TPSA) is 33.1 Å². The molecular weight excluding hydrogens is 301 g/mol. The zero-order valence-corrected chi connectivity index (χ0v) is 13.2. The molecule has 120 valence electrons. The second-order valence-corrected chi connectivity index (χ2v) is 6.31. The number of benzene rings is 2. The van der Waals surface area contributed by atoms with Crippen LogP contribution in [0.15, 0.2) is 60.8 Å². The SMILES string of the molecule is Oc1cccc(C[C@H]2c3ccc(F)cc3CCc3ncccc32)c1. The Hall–Kier alpha value is -2.68. The summed E-state index contributed by atoms with van der Waals surface area (Å²) in [6.45, 7) is 0. The van der Waals surface area contributed by atoms with Crippen LogP contribution < -0.4 is 0 Å².